The van der Waals surface area contributed by atoms with Gasteiger partial charge in [0.05, 0.1) is 0 Å². The SMILES string of the molecule is CC1CC(Nc2cc3ccccc3c(=O)[nH]2)CCN1C. The molecule has 1 aliphatic rings. The molecule has 4 nitrogen and oxygen atoms in total. The van der Waals surface area contributed by atoms with Gasteiger partial charge in [-0.25, -0.2) is 0 Å². The van der Waals surface area contributed by atoms with Gasteiger partial charge in [0.15, 0.2) is 0 Å². The Morgan fingerprint density at radius 1 is 1.35 bits per heavy atom. The lowest BCUT2D eigenvalue weighted by Gasteiger charge is -2.35. The highest BCUT2D eigenvalue weighted by Crippen LogP contribution is 2.20. The van der Waals surface area contributed by atoms with Crippen LogP contribution in [0, 0.1) is 0 Å². The molecule has 0 aliphatic carbocycles. The zero-order valence-corrected chi connectivity index (χ0v) is 12.0. The number of aromatic nitrogens is 1. The van der Waals surface area contributed by atoms with Crippen molar-refractivity contribution in [2.45, 2.75) is 31.8 Å². The van der Waals surface area contributed by atoms with Gasteiger partial charge in [-0.1, -0.05) is 18.2 Å². The van der Waals surface area contributed by atoms with E-state index in [4.69, 9.17) is 0 Å². The van der Waals surface area contributed by atoms with Crippen molar-refractivity contribution in [2.24, 2.45) is 0 Å². The summed E-state index contributed by atoms with van der Waals surface area (Å²) < 4.78 is 0. The van der Waals surface area contributed by atoms with E-state index in [2.05, 4.69) is 29.2 Å². The van der Waals surface area contributed by atoms with E-state index in [1.54, 1.807) is 0 Å². The number of pyridine rings is 1. The fourth-order valence-corrected chi connectivity index (χ4v) is 2.93. The van der Waals surface area contributed by atoms with Crippen LogP contribution in [0.25, 0.3) is 10.8 Å². The lowest BCUT2D eigenvalue weighted by atomic mass is 9.99. The summed E-state index contributed by atoms with van der Waals surface area (Å²) in [6.07, 6.45) is 2.21. The highest BCUT2D eigenvalue weighted by atomic mass is 16.1. The molecule has 0 amide bonds. The first-order valence-corrected chi connectivity index (χ1v) is 7.22. The standard InChI is InChI=1S/C16H21N3O/c1-11-9-13(7-8-19(11)2)17-15-10-12-5-3-4-6-14(12)16(20)18-15/h3-6,10-11,13H,7-9H2,1-2H3,(H2,17,18,20). The summed E-state index contributed by atoms with van der Waals surface area (Å²) in [5, 5.41) is 5.21. The quantitative estimate of drug-likeness (QED) is 0.882. The third-order valence-electron chi connectivity index (χ3n) is 4.32. The Balaban J connectivity index is 1.83. The number of benzene rings is 1. The smallest absolute Gasteiger partial charge is 0.257 e. The van der Waals surface area contributed by atoms with Crippen LogP contribution >= 0.6 is 0 Å². The van der Waals surface area contributed by atoms with E-state index in [-0.39, 0.29) is 5.56 Å². The summed E-state index contributed by atoms with van der Waals surface area (Å²) in [5.41, 5.74) is -0.0217. The second-order valence-corrected chi connectivity index (χ2v) is 5.79. The van der Waals surface area contributed by atoms with E-state index >= 15 is 0 Å². The molecule has 0 saturated carbocycles. The van der Waals surface area contributed by atoms with Crippen molar-refractivity contribution in [3.8, 4) is 0 Å². The summed E-state index contributed by atoms with van der Waals surface area (Å²) in [6, 6.07) is 10.7. The average molecular weight is 271 g/mol. The van der Waals surface area contributed by atoms with Crippen LogP contribution in [0.1, 0.15) is 19.8 Å². The van der Waals surface area contributed by atoms with Gasteiger partial charge < -0.3 is 15.2 Å². The van der Waals surface area contributed by atoms with Gasteiger partial charge in [-0.15, -0.1) is 0 Å². The van der Waals surface area contributed by atoms with E-state index in [9.17, 15) is 4.79 Å². The van der Waals surface area contributed by atoms with E-state index in [1.807, 2.05) is 30.3 Å². The molecule has 0 radical (unpaired) electrons. The minimum Gasteiger partial charge on any atom is -0.369 e. The van der Waals surface area contributed by atoms with Crippen molar-refractivity contribution in [3.63, 3.8) is 0 Å². The van der Waals surface area contributed by atoms with Crippen molar-refractivity contribution in [1.29, 1.82) is 0 Å². The molecule has 1 aromatic carbocycles. The van der Waals surface area contributed by atoms with Crippen LogP contribution < -0.4 is 10.9 Å². The van der Waals surface area contributed by atoms with Gasteiger partial charge in [-0.05, 0) is 44.3 Å². The molecule has 2 aromatic rings. The number of nitrogens with zero attached hydrogens (tertiary/aromatic N) is 1. The van der Waals surface area contributed by atoms with Crippen molar-refractivity contribution in [3.05, 3.63) is 40.7 Å². The highest BCUT2D eigenvalue weighted by Gasteiger charge is 2.22. The third-order valence-corrected chi connectivity index (χ3v) is 4.32. The van der Waals surface area contributed by atoms with Gasteiger partial charge in [-0.3, -0.25) is 4.79 Å². The molecule has 3 rings (SSSR count). The van der Waals surface area contributed by atoms with Crippen LogP contribution in [0.3, 0.4) is 0 Å². The van der Waals surface area contributed by atoms with Crippen LogP contribution in [-0.4, -0.2) is 35.6 Å². The molecule has 1 aliphatic heterocycles. The zero-order valence-electron chi connectivity index (χ0n) is 12.0. The minimum atomic E-state index is -0.0217. The minimum absolute atomic E-state index is 0.0217. The number of anilines is 1. The predicted molar refractivity (Wildman–Crippen MR) is 83.3 cm³/mol. The molecule has 0 spiro atoms. The van der Waals surface area contributed by atoms with E-state index < -0.39 is 0 Å². The van der Waals surface area contributed by atoms with Crippen molar-refractivity contribution < 1.29 is 0 Å². The number of likely N-dealkylation sites (tertiary alicyclic amines) is 1. The Labute approximate surface area is 118 Å². The van der Waals surface area contributed by atoms with Crippen LogP contribution in [0.15, 0.2) is 35.1 Å². The number of hydrogen-bond acceptors (Lipinski definition) is 3. The second-order valence-electron chi connectivity index (χ2n) is 5.79. The van der Waals surface area contributed by atoms with Gasteiger partial charge >= 0.3 is 0 Å². The Morgan fingerprint density at radius 3 is 2.95 bits per heavy atom. The Morgan fingerprint density at radius 2 is 2.15 bits per heavy atom. The largest absolute Gasteiger partial charge is 0.369 e. The van der Waals surface area contributed by atoms with Crippen LogP contribution in [0.2, 0.25) is 0 Å². The second kappa shape index (κ2) is 5.29. The fraction of sp³-hybridized carbons (Fsp3) is 0.438. The molecule has 106 valence electrons. The molecule has 1 aromatic heterocycles. The average Bonchev–Trinajstić information content (AvgIpc) is 2.43. The Hall–Kier alpha value is -1.81. The van der Waals surface area contributed by atoms with Gasteiger partial charge in [-0.2, -0.15) is 0 Å². The Bertz CT molecular complexity index is 664. The van der Waals surface area contributed by atoms with Gasteiger partial charge in [0.25, 0.3) is 5.56 Å². The predicted octanol–water partition coefficient (Wildman–Crippen LogP) is 2.42. The highest BCUT2D eigenvalue weighted by molar-refractivity contribution is 5.83. The lowest BCUT2D eigenvalue weighted by molar-refractivity contribution is 0.190. The molecular weight excluding hydrogens is 250 g/mol. The van der Waals surface area contributed by atoms with Crippen molar-refractivity contribution in [1.82, 2.24) is 9.88 Å². The van der Waals surface area contributed by atoms with Crippen LogP contribution in [-0.2, 0) is 0 Å². The first kappa shape index (κ1) is 13.2. The molecule has 20 heavy (non-hydrogen) atoms. The molecule has 1 fully saturated rings. The number of piperidine rings is 1. The van der Waals surface area contributed by atoms with Crippen LogP contribution in [0.5, 0.6) is 0 Å². The van der Waals surface area contributed by atoms with Crippen molar-refractivity contribution in [2.75, 3.05) is 18.9 Å². The molecule has 1 saturated heterocycles. The number of aromatic amines is 1. The lowest BCUT2D eigenvalue weighted by Crippen LogP contribution is -2.42. The monoisotopic (exact) mass is 271 g/mol. The Kier molecular flexibility index (Phi) is 3.49. The molecule has 2 heterocycles. The van der Waals surface area contributed by atoms with Gasteiger partial charge in [0.2, 0.25) is 0 Å². The molecule has 2 unspecified atom stereocenters. The summed E-state index contributed by atoms with van der Waals surface area (Å²) in [4.78, 5) is 17.4. The number of hydrogen-bond donors (Lipinski definition) is 2. The maximum atomic E-state index is 12.1. The summed E-state index contributed by atoms with van der Waals surface area (Å²) in [6.45, 7) is 3.34. The molecular formula is C16H21N3O. The fourth-order valence-electron chi connectivity index (χ4n) is 2.93. The van der Waals surface area contributed by atoms with Crippen LogP contribution in [0.4, 0.5) is 5.82 Å². The summed E-state index contributed by atoms with van der Waals surface area (Å²) in [7, 11) is 2.17. The first-order valence-electron chi connectivity index (χ1n) is 7.22. The topological polar surface area (TPSA) is 48.1 Å². The first-order chi connectivity index (χ1) is 9.63. The maximum absolute atomic E-state index is 12.1. The summed E-state index contributed by atoms with van der Waals surface area (Å²) in [5.74, 6) is 0.829. The number of H-pyrrole nitrogens is 1. The van der Waals surface area contributed by atoms with E-state index in [1.165, 1.54) is 0 Å². The molecule has 4 heteroatoms. The number of fused-ring (bicyclic) bond motifs is 1. The molecule has 2 N–H and O–H groups in total. The number of rotatable bonds is 2. The molecule has 2 atom stereocenters. The maximum Gasteiger partial charge on any atom is 0.257 e. The number of nitrogens with one attached hydrogen (secondary N) is 2. The van der Waals surface area contributed by atoms with E-state index in [0.717, 1.165) is 36.0 Å². The summed E-state index contributed by atoms with van der Waals surface area (Å²) >= 11 is 0. The van der Waals surface area contributed by atoms with Gasteiger partial charge in [0, 0.05) is 24.0 Å². The molecule has 0 bridgehead atoms. The third kappa shape index (κ3) is 2.56. The zero-order chi connectivity index (χ0) is 14.1. The van der Waals surface area contributed by atoms with Gasteiger partial charge in [0.1, 0.15) is 5.82 Å². The van der Waals surface area contributed by atoms with Crippen molar-refractivity contribution >= 4 is 16.6 Å². The normalized spacial score (nSPS) is 23.9. The van der Waals surface area contributed by atoms with E-state index in [0.29, 0.717) is 12.1 Å².